The molecule has 0 heterocycles. The van der Waals surface area contributed by atoms with E-state index in [1.807, 2.05) is 6.92 Å². The zero-order valence-corrected chi connectivity index (χ0v) is 10.5. The molecule has 0 radical (unpaired) electrons. The first-order valence-electron chi connectivity index (χ1n) is 5.81. The molecule has 0 saturated carbocycles. The van der Waals surface area contributed by atoms with Crippen molar-refractivity contribution in [1.82, 2.24) is 5.32 Å². The van der Waals surface area contributed by atoms with Gasteiger partial charge in [-0.1, -0.05) is 13.8 Å². The van der Waals surface area contributed by atoms with Crippen LogP contribution in [0.3, 0.4) is 0 Å². The Labute approximate surface area is 101 Å². The van der Waals surface area contributed by atoms with E-state index in [4.69, 9.17) is 4.74 Å². The fraction of sp³-hybridized carbons (Fsp3) is 0.538. The SMILES string of the molecule is CC(C)CNCC(C)Oc1cc(F)cc(F)c1. The minimum atomic E-state index is -0.623. The monoisotopic (exact) mass is 243 g/mol. The zero-order valence-electron chi connectivity index (χ0n) is 10.5. The first-order valence-corrected chi connectivity index (χ1v) is 5.81. The lowest BCUT2D eigenvalue weighted by molar-refractivity contribution is 0.214. The molecule has 1 atom stereocenters. The highest BCUT2D eigenvalue weighted by atomic mass is 19.1. The number of hydrogen-bond acceptors (Lipinski definition) is 2. The molecule has 2 nitrogen and oxygen atoms in total. The van der Waals surface area contributed by atoms with Gasteiger partial charge in [0.1, 0.15) is 23.5 Å². The highest BCUT2D eigenvalue weighted by Gasteiger charge is 2.07. The fourth-order valence-corrected chi connectivity index (χ4v) is 1.45. The van der Waals surface area contributed by atoms with Gasteiger partial charge in [-0.25, -0.2) is 8.78 Å². The molecule has 0 saturated heterocycles. The van der Waals surface area contributed by atoms with Crippen LogP contribution in [0.4, 0.5) is 8.78 Å². The molecular formula is C13H19F2NO. The smallest absolute Gasteiger partial charge is 0.129 e. The first kappa shape index (κ1) is 13.9. The second-order valence-electron chi connectivity index (χ2n) is 4.59. The second kappa shape index (κ2) is 6.55. The lowest BCUT2D eigenvalue weighted by Crippen LogP contribution is -2.31. The third kappa shape index (κ3) is 5.63. The molecule has 1 rings (SSSR count). The average molecular weight is 243 g/mol. The Kier molecular flexibility index (Phi) is 5.35. The molecule has 4 heteroatoms. The predicted octanol–water partition coefficient (Wildman–Crippen LogP) is 2.98. The number of rotatable bonds is 6. The third-order valence-corrected chi connectivity index (χ3v) is 2.16. The summed E-state index contributed by atoms with van der Waals surface area (Å²) >= 11 is 0. The van der Waals surface area contributed by atoms with Crippen molar-refractivity contribution < 1.29 is 13.5 Å². The Balaban J connectivity index is 2.42. The molecule has 0 aliphatic carbocycles. The summed E-state index contributed by atoms with van der Waals surface area (Å²) in [6.07, 6.45) is -0.130. The molecule has 1 aromatic carbocycles. The Bertz CT molecular complexity index is 335. The zero-order chi connectivity index (χ0) is 12.8. The average Bonchev–Trinajstić information content (AvgIpc) is 2.14. The van der Waals surface area contributed by atoms with Crippen LogP contribution in [0.15, 0.2) is 18.2 Å². The molecular weight excluding hydrogens is 224 g/mol. The van der Waals surface area contributed by atoms with Crippen molar-refractivity contribution in [2.45, 2.75) is 26.9 Å². The quantitative estimate of drug-likeness (QED) is 0.829. The number of ether oxygens (including phenoxy) is 1. The molecule has 1 unspecified atom stereocenters. The van der Waals surface area contributed by atoms with Gasteiger partial charge in [-0.15, -0.1) is 0 Å². The topological polar surface area (TPSA) is 21.3 Å². The van der Waals surface area contributed by atoms with Crippen LogP contribution in [0.25, 0.3) is 0 Å². The van der Waals surface area contributed by atoms with E-state index in [2.05, 4.69) is 19.2 Å². The van der Waals surface area contributed by atoms with Crippen molar-refractivity contribution in [2.75, 3.05) is 13.1 Å². The van der Waals surface area contributed by atoms with Gasteiger partial charge in [0.05, 0.1) is 0 Å². The van der Waals surface area contributed by atoms with Crippen LogP contribution in [-0.4, -0.2) is 19.2 Å². The third-order valence-electron chi connectivity index (χ3n) is 2.16. The summed E-state index contributed by atoms with van der Waals surface area (Å²) in [6.45, 7) is 7.62. The van der Waals surface area contributed by atoms with Crippen molar-refractivity contribution in [3.8, 4) is 5.75 Å². The second-order valence-corrected chi connectivity index (χ2v) is 4.59. The van der Waals surface area contributed by atoms with Crippen molar-refractivity contribution in [2.24, 2.45) is 5.92 Å². The van der Waals surface area contributed by atoms with Gasteiger partial charge in [-0.2, -0.15) is 0 Å². The number of benzene rings is 1. The molecule has 0 bridgehead atoms. The Morgan fingerprint density at radius 2 is 1.65 bits per heavy atom. The van der Waals surface area contributed by atoms with Gasteiger partial charge < -0.3 is 10.1 Å². The van der Waals surface area contributed by atoms with Gasteiger partial charge in [-0.05, 0) is 19.4 Å². The van der Waals surface area contributed by atoms with Crippen molar-refractivity contribution in [3.63, 3.8) is 0 Å². The fourth-order valence-electron chi connectivity index (χ4n) is 1.45. The Hall–Kier alpha value is -1.16. The van der Waals surface area contributed by atoms with E-state index >= 15 is 0 Å². The van der Waals surface area contributed by atoms with Crippen LogP contribution < -0.4 is 10.1 Å². The highest BCUT2D eigenvalue weighted by molar-refractivity contribution is 5.24. The molecule has 0 aromatic heterocycles. The summed E-state index contributed by atoms with van der Waals surface area (Å²) in [5.74, 6) is -0.458. The van der Waals surface area contributed by atoms with Gasteiger partial charge in [0, 0.05) is 24.7 Å². The molecule has 96 valence electrons. The number of hydrogen-bond donors (Lipinski definition) is 1. The van der Waals surface area contributed by atoms with E-state index < -0.39 is 11.6 Å². The Morgan fingerprint density at radius 3 is 2.18 bits per heavy atom. The maximum absolute atomic E-state index is 12.9. The van der Waals surface area contributed by atoms with E-state index in [9.17, 15) is 8.78 Å². The molecule has 0 amide bonds. The lowest BCUT2D eigenvalue weighted by atomic mass is 10.2. The molecule has 0 aliphatic heterocycles. The summed E-state index contributed by atoms with van der Waals surface area (Å²) in [4.78, 5) is 0. The standard InChI is InChI=1S/C13H19F2NO/c1-9(2)7-16-8-10(3)17-13-5-11(14)4-12(15)6-13/h4-6,9-10,16H,7-8H2,1-3H3. The van der Waals surface area contributed by atoms with Crippen LogP contribution >= 0.6 is 0 Å². The summed E-state index contributed by atoms with van der Waals surface area (Å²) in [6, 6.07) is 3.19. The highest BCUT2D eigenvalue weighted by Crippen LogP contribution is 2.16. The van der Waals surface area contributed by atoms with E-state index in [0.29, 0.717) is 12.5 Å². The maximum atomic E-state index is 12.9. The molecule has 1 N–H and O–H groups in total. The summed E-state index contributed by atoms with van der Waals surface area (Å²) in [7, 11) is 0. The van der Waals surface area contributed by atoms with Crippen LogP contribution in [-0.2, 0) is 0 Å². The molecule has 0 spiro atoms. The molecule has 17 heavy (non-hydrogen) atoms. The molecule has 0 aliphatic rings. The van der Waals surface area contributed by atoms with E-state index in [1.165, 1.54) is 12.1 Å². The first-order chi connectivity index (χ1) is 7.97. The van der Waals surface area contributed by atoms with Crippen molar-refractivity contribution in [1.29, 1.82) is 0 Å². The summed E-state index contributed by atoms with van der Waals surface area (Å²) in [5.41, 5.74) is 0. The predicted molar refractivity (Wildman–Crippen MR) is 64.2 cm³/mol. The van der Waals surface area contributed by atoms with Gasteiger partial charge >= 0.3 is 0 Å². The Morgan fingerprint density at radius 1 is 1.06 bits per heavy atom. The van der Waals surface area contributed by atoms with Crippen LogP contribution in [0, 0.1) is 17.6 Å². The summed E-state index contributed by atoms with van der Waals surface area (Å²) < 4.78 is 31.2. The van der Waals surface area contributed by atoms with Gasteiger partial charge in [0.2, 0.25) is 0 Å². The largest absolute Gasteiger partial charge is 0.489 e. The van der Waals surface area contributed by atoms with Crippen LogP contribution in [0.5, 0.6) is 5.75 Å². The van der Waals surface area contributed by atoms with Crippen molar-refractivity contribution in [3.05, 3.63) is 29.8 Å². The van der Waals surface area contributed by atoms with E-state index in [1.54, 1.807) is 0 Å². The van der Waals surface area contributed by atoms with Crippen LogP contribution in [0.2, 0.25) is 0 Å². The molecule has 1 aromatic rings. The number of halogens is 2. The maximum Gasteiger partial charge on any atom is 0.129 e. The number of nitrogens with one attached hydrogen (secondary N) is 1. The lowest BCUT2D eigenvalue weighted by Gasteiger charge is -2.16. The van der Waals surface area contributed by atoms with E-state index in [-0.39, 0.29) is 11.9 Å². The minimum absolute atomic E-state index is 0.130. The van der Waals surface area contributed by atoms with Gasteiger partial charge in [-0.3, -0.25) is 0 Å². The van der Waals surface area contributed by atoms with Crippen molar-refractivity contribution >= 4 is 0 Å². The minimum Gasteiger partial charge on any atom is -0.489 e. The van der Waals surface area contributed by atoms with Gasteiger partial charge in [0.15, 0.2) is 0 Å². The van der Waals surface area contributed by atoms with E-state index in [0.717, 1.165) is 12.6 Å². The molecule has 0 fully saturated rings. The van der Waals surface area contributed by atoms with Gasteiger partial charge in [0.25, 0.3) is 0 Å². The normalized spacial score (nSPS) is 12.8. The summed E-state index contributed by atoms with van der Waals surface area (Å²) in [5, 5.41) is 3.22. The van der Waals surface area contributed by atoms with Crippen LogP contribution in [0.1, 0.15) is 20.8 Å².